The number of likely N-dealkylation sites (tertiary alicyclic amines) is 1. The number of carbonyl (C=O) groups is 2. The number of fused-ring (bicyclic) bond motifs is 7. The third-order valence-corrected chi connectivity index (χ3v) is 10.6. The van der Waals surface area contributed by atoms with Crippen LogP contribution in [0.3, 0.4) is 0 Å². The number of nitrogens with one attached hydrogen (secondary N) is 1. The van der Waals surface area contributed by atoms with Crippen LogP contribution in [-0.2, 0) is 21.6 Å². The van der Waals surface area contributed by atoms with Gasteiger partial charge in [0, 0.05) is 54.4 Å². The van der Waals surface area contributed by atoms with Crippen molar-refractivity contribution in [1.29, 1.82) is 0 Å². The van der Waals surface area contributed by atoms with Crippen molar-refractivity contribution in [3.8, 4) is 0 Å². The smallest absolute Gasteiger partial charge is 0.335 e. The maximum atomic E-state index is 16.3. The number of benzene rings is 3. The number of aromatic nitrogens is 2. The first-order chi connectivity index (χ1) is 22.2. The molecular formula is C35H29Cl2FN4O4. The van der Waals surface area contributed by atoms with E-state index in [4.69, 9.17) is 32.9 Å². The molecule has 4 aromatic rings. The Bertz CT molecular complexity index is 2020. The van der Waals surface area contributed by atoms with Gasteiger partial charge in [0.25, 0.3) is 0 Å². The van der Waals surface area contributed by atoms with E-state index in [1.54, 1.807) is 49.6 Å². The first-order valence-electron chi connectivity index (χ1n) is 15.1. The predicted molar refractivity (Wildman–Crippen MR) is 173 cm³/mol. The molecule has 1 spiro atoms. The zero-order chi connectivity index (χ0) is 31.9. The first kappa shape index (κ1) is 29.4. The molecule has 1 saturated heterocycles. The molecule has 1 fully saturated rings. The zero-order valence-electron chi connectivity index (χ0n) is 24.7. The first-order valence-corrected chi connectivity index (χ1v) is 15.9. The van der Waals surface area contributed by atoms with Crippen LogP contribution in [0.2, 0.25) is 10.0 Å². The quantitative estimate of drug-likeness (QED) is 0.238. The molecule has 0 saturated carbocycles. The fourth-order valence-electron chi connectivity index (χ4n) is 8.37. The topological polar surface area (TPSA) is 96.7 Å². The van der Waals surface area contributed by atoms with E-state index in [0.29, 0.717) is 47.3 Å². The van der Waals surface area contributed by atoms with E-state index in [9.17, 15) is 14.7 Å². The average molecular weight is 660 g/mol. The minimum atomic E-state index is -1.31. The number of carboxylic acid groups (broad SMARTS) is 1. The number of rotatable bonds is 6. The SMILES string of the molecule is COCC1=CC(CN2[C@@H]3Cn4c(nc5cc(C(=O)O)ccc54)[C@@H]3[C@@H](c3cccc(Cl)c3F)[C@@]23C(=O)Nc2cc(Cl)ccc23)CC=C1. The Morgan fingerprint density at radius 3 is 2.85 bits per heavy atom. The molecule has 1 aliphatic carbocycles. The minimum absolute atomic E-state index is 0.0282. The van der Waals surface area contributed by atoms with Crippen molar-refractivity contribution in [2.45, 2.75) is 36.4 Å². The number of methoxy groups -OCH3 is 1. The molecule has 46 heavy (non-hydrogen) atoms. The second-order valence-corrected chi connectivity index (χ2v) is 13.3. The summed E-state index contributed by atoms with van der Waals surface area (Å²) in [5, 5.41) is 13.2. The standard InChI is InChI=1S/C35H29Cl2FN4O4/c1-46-17-19-5-2-4-18(12-19)15-42-28-16-41-27-11-8-20(33(43)44)13-26(27)39-32(41)29(28)30(22-6-3-7-24(37)31(22)38)35(42)23-10-9-21(36)14-25(23)40-34(35)45/h2-3,5-14,18,28-30H,4,15-17H2,1H3,(H,40,45)(H,43,44)/t18?,28-,29+,30-,35+/m1/s1. The van der Waals surface area contributed by atoms with Gasteiger partial charge in [0.1, 0.15) is 17.2 Å². The summed E-state index contributed by atoms with van der Waals surface area (Å²) in [6.07, 6.45) is 7.16. The van der Waals surface area contributed by atoms with Gasteiger partial charge in [-0.2, -0.15) is 0 Å². The highest BCUT2D eigenvalue weighted by Crippen LogP contribution is 2.64. The second kappa shape index (κ2) is 10.8. The molecule has 3 aliphatic heterocycles. The summed E-state index contributed by atoms with van der Waals surface area (Å²) in [6, 6.07) is 15.0. The number of ether oxygens (including phenoxy) is 1. The van der Waals surface area contributed by atoms with Crippen LogP contribution in [-0.4, -0.2) is 57.7 Å². The van der Waals surface area contributed by atoms with Gasteiger partial charge in [-0.05, 0) is 59.9 Å². The van der Waals surface area contributed by atoms with Crippen LogP contribution in [0, 0.1) is 11.7 Å². The van der Waals surface area contributed by atoms with Gasteiger partial charge < -0.3 is 19.7 Å². The predicted octanol–water partition coefficient (Wildman–Crippen LogP) is 6.74. The Morgan fingerprint density at radius 2 is 2.04 bits per heavy atom. The van der Waals surface area contributed by atoms with E-state index in [1.165, 1.54) is 6.07 Å². The maximum Gasteiger partial charge on any atom is 0.335 e. The van der Waals surface area contributed by atoms with E-state index in [0.717, 1.165) is 23.1 Å². The van der Waals surface area contributed by atoms with Gasteiger partial charge in [-0.1, -0.05) is 59.6 Å². The Morgan fingerprint density at radius 1 is 1.20 bits per heavy atom. The number of aromatic carboxylic acids is 1. The number of anilines is 1. The van der Waals surface area contributed by atoms with Crippen LogP contribution in [0.15, 0.2) is 78.4 Å². The van der Waals surface area contributed by atoms with Gasteiger partial charge >= 0.3 is 5.97 Å². The average Bonchev–Trinajstić information content (AvgIpc) is 3.72. The number of allylic oxidation sites excluding steroid dienone is 1. The lowest BCUT2D eigenvalue weighted by Crippen LogP contribution is -2.54. The Balaban J connectivity index is 1.38. The molecule has 1 amide bonds. The molecule has 11 heteroatoms. The number of amides is 1. The van der Waals surface area contributed by atoms with Crippen LogP contribution in [0.5, 0.6) is 0 Å². The summed E-state index contributed by atoms with van der Waals surface area (Å²) in [7, 11) is 1.66. The van der Waals surface area contributed by atoms with Crippen LogP contribution in [0.1, 0.15) is 45.6 Å². The zero-order valence-corrected chi connectivity index (χ0v) is 26.2. The van der Waals surface area contributed by atoms with Gasteiger partial charge in [0.15, 0.2) is 0 Å². The highest BCUT2D eigenvalue weighted by molar-refractivity contribution is 6.31. The van der Waals surface area contributed by atoms with E-state index >= 15 is 4.39 Å². The van der Waals surface area contributed by atoms with Crippen molar-refractivity contribution in [2.24, 2.45) is 5.92 Å². The maximum absolute atomic E-state index is 16.3. The van der Waals surface area contributed by atoms with Crippen LogP contribution in [0.4, 0.5) is 10.1 Å². The summed E-state index contributed by atoms with van der Waals surface area (Å²) in [5.41, 5.74) is 2.86. The number of carboxylic acids is 1. The number of hydrogen-bond donors (Lipinski definition) is 2. The minimum Gasteiger partial charge on any atom is -0.478 e. The van der Waals surface area contributed by atoms with Gasteiger partial charge in [-0.25, -0.2) is 14.2 Å². The molecule has 0 radical (unpaired) electrons. The van der Waals surface area contributed by atoms with E-state index in [-0.39, 0.29) is 28.5 Å². The van der Waals surface area contributed by atoms with Crippen LogP contribution >= 0.6 is 23.2 Å². The Kier molecular flexibility index (Phi) is 6.88. The molecule has 1 aromatic heterocycles. The summed E-state index contributed by atoms with van der Waals surface area (Å²) >= 11 is 12.8. The lowest BCUT2D eigenvalue weighted by molar-refractivity contribution is -0.128. The van der Waals surface area contributed by atoms with Gasteiger partial charge in [-0.15, -0.1) is 0 Å². The molecule has 2 N–H and O–H groups in total. The Hall–Kier alpha value is -4.02. The highest BCUT2D eigenvalue weighted by atomic mass is 35.5. The van der Waals surface area contributed by atoms with Gasteiger partial charge in [-0.3, -0.25) is 9.69 Å². The van der Waals surface area contributed by atoms with Gasteiger partial charge in [0.05, 0.1) is 28.2 Å². The molecule has 3 aromatic carbocycles. The molecule has 4 heterocycles. The number of hydrogen-bond acceptors (Lipinski definition) is 5. The van der Waals surface area contributed by atoms with Crippen LogP contribution < -0.4 is 5.32 Å². The monoisotopic (exact) mass is 658 g/mol. The van der Waals surface area contributed by atoms with Crippen molar-refractivity contribution in [3.05, 3.63) is 117 Å². The normalized spacial score (nSPS) is 26.3. The number of carbonyl (C=O) groups excluding carboxylic acids is 1. The molecular weight excluding hydrogens is 630 g/mol. The second-order valence-electron chi connectivity index (χ2n) is 12.4. The third kappa shape index (κ3) is 4.15. The van der Waals surface area contributed by atoms with Crippen LogP contribution in [0.25, 0.3) is 11.0 Å². The fourth-order valence-corrected chi connectivity index (χ4v) is 8.73. The molecule has 5 atom stereocenters. The number of imidazole rings is 1. The van der Waals surface area contributed by atoms with E-state index in [1.807, 2.05) is 6.07 Å². The summed E-state index contributed by atoms with van der Waals surface area (Å²) in [4.78, 5) is 33.8. The summed E-state index contributed by atoms with van der Waals surface area (Å²) < 4.78 is 23.8. The fraction of sp³-hybridized carbons (Fsp3) is 0.286. The summed E-state index contributed by atoms with van der Waals surface area (Å²) in [6.45, 7) is 1.47. The molecule has 4 aliphatic rings. The lowest BCUT2D eigenvalue weighted by atomic mass is 9.71. The van der Waals surface area contributed by atoms with E-state index in [2.05, 4.69) is 33.0 Å². The molecule has 0 bridgehead atoms. The van der Waals surface area contributed by atoms with Crippen molar-refractivity contribution >= 4 is 51.8 Å². The highest BCUT2D eigenvalue weighted by Gasteiger charge is 2.69. The molecule has 8 nitrogen and oxygen atoms in total. The largest absolute Gasteiger partial charge is 0.478 e. The third-order valence-electron chi connectivity index (χ3n) is 10.0. The molecule has 8 rings (SSSR count). The van der Waals surface area contributed by atoms with Crippen molar-refractivity contribution in [1.82, 2.24) is 14.5 Å². The molecule has 234 valence electrons. The summed E-state index contributed by atoms with van der Waals surface area (Å²) in [5.74, 6) is -2.29. The van der Waals surface area contributed by atoms with Crippen molar-refractivity contribution < 1.29 is 23.8 Å². The number of halogens is 3. The Labute approximate surface area is 274 Å². The lowest BCUT2D eigenvalue weighted by Gasteiger charge is -2.41. The van der Waals surface area contributed by atoms with E-state index < -0.39 is 29.2 Å². The number of nitrogens with zero attached hydrogens (tertiary/aromatic N) is 3. The van der Waals surface area contributed by atoms with Crippen molar-refractivity contribution in [2.75, 3.05) is 25.6 Å². The van der Waals surface area contributed by atoms with Crippen molar-refractivity contribution in [3.63, 3.8) is 0 Å². The molecule has 1 unspecified atom stereocenters. The van der Waals surface area contributed by atoms with Gasteiger partial charge in [0.2, 0.25) is 5.91 Å².